The summed E-state index contributed by atoms with van der Waals surface area (Å²) in [5.74, 6) is 7.32. The zero-order chi connectivity index (χ0) is 13.1. The van der Waals surface area contributed by atoms with E-state index < -0.39 is 0 Å². The van der Waals surface area contributed by atoms with E-state index in [0.29, 0.717) is 12.0 Å². The van der Waals surface area contributed by atoms with E-state index >= 15 is 0 Å². The van der Waals surface area contributed by atoms with E-state index in [9.17, 15) is 0 Å². The standard InChI is InChI=1S/C15H28N2O2/c16-17-14(12-4-2-1-3-5-12)13-6-8-19-15(10-13)7-9-18-11-15/h12-14,17H,1-11,16H2. The van der Waals surface area contributed by atoms with Gasteiger partial charge >= 0.3 is 0 Å². The molecule has 0 aromatic heterocycles. The predicted octanol–water partition coefficient (Wildman–Crippen LogP) is 1.98. The van der Waals surface area contributed by atoms with E-state index in [1.165, 1.54) is 32.1 Å². The number of hydrogen-bond donors (Lipinski definition) is 2. The molecule has 0 bridgehead atoms. The first kappa shape index (κ1) is 13.8. The summed E-state index contributed by atoms with van der Waals surface area (Å²) < 4.78 is 11.6. The molecule has 0 aromatic rings. The topological polar surface area (TPSA) is 56.5 Å². The van der Waals surface area contributed by atoms with Gasteiger partial charge in [-0.3, -0.25) is 11.3 Å². The summed E-state index contributed by atoms with van der Waals surface area (Å²) in [5.41, 5.74) is 3.16. The highest BCUT2D eigenvalue weighted by Crippen LogP contribution is 2.40. The fourth-order valence-electron chi connectivity index (χ4n) is 4.39. The first-order valence-corrected chi connectivity index (χ1v) is 8.01. The quantitative estimate of drug-likeness (QED) is 0.607. The predicted molar refractivity (Wildman–Crippen MR) is 74.5 cm³/mol. The number of hydrogen-bond acceptors (Lipinski definition) is 4. The van der Waals surface area contributed by atoms with Crippen molar-refractivity contribution in [2.75, 3.05) is 19.8 Å². The number of rotatable bonds is 3. The molecule has 3 rings (SSSR count). The van der Waals surface area contributed by atoms with Crippen LogP contribution in [0.3, 0.4) is 0 Å². The van der Waals surface area contributed by atoms with Gasteiger partial charge in [0.1, 0.15) is 0 Å². The molecule has 3 unspecified atom stereocenters. The van der Waals surface area contributed by atoms with E-state index in [4.69, 9.17) is 15.3 Å². The highest BCUT2D eigenvalue weighted by Gasteiger charge is 2.44. The van der Waals surface area contributed by atoms with Crippen molar-refractivity contribution in [1.82, 2.24) is 5.43 Å². The third kappa shape index (κ3) is 2.97. The average Bonchev–Trinajstić information content (AvgIpc) is 2.89. The van der Waals surface area contributed by atoms with Gasteiger partial charge in [-0.2, -0.15) is 0 Å². The summed E-state index contributed by atoms with van der Waals surface area (Å²) in [6, 6.07) is 0.474. The molecule has 4 heteroatoms. The highest BCUT2D eigenvalue weighted by atomic mass is 16.6. The first-order valence-electron chi connectivity index (χ1n) is 8.01. The third-order valence-corrected chi connectivity index (χ3v) is 5.46. The van der Waals surface area contributed by atoms with Gasteiger partial charge in [-0.15, -0.1) is 0 Å². The van der Waals surface area contributed by atoms with Crippen molar-refractivity contribution in [2.24, 2.45) is 17.7 Å². The SMILES string of the molecule is NNC(C1CCCCC1)C1CCOC2(CCOC2)C1. The Morgan fingerprint density at radius 2 is 1.89 bits per heavy atom. The third-order valence-electron chi connectivity index (χ3n) is 5.46. The fourth-order valence-corrected chi connectivity index (χ4v) is 4.39. The first-order chi connectivity index (χ1) is 9.33. The number of ether oxygens (including phenoxy) is 2. The maximum atomic E-state index is 6.05. The van der Waals surface area contributed by atoms with Crippen LogP contribution in [0.15, 0.2) is 0 Å². The molecule has 2 heterocycles. The van der Waals surface area contributed by atoms with Crippen LogP contribution in [0, 0.1) is 11.8 Å². The van der Waals surface area contributed by atoms with Gasteiger partial charge in [0.2, 0.25) is 0 Å². The van der Waals surface area contributed by atoms with Gasteiger partial charge in [-0.25, -0.2) is 0 Å². The van der Waals surface area contributed by atoms with Gasteiger partial charge in [0, 0.05) is 25.7 Å². The van der Waals surface area contributed by atoms with Gasteiger partial charge in [0.15, 0.2) is 0 Å². The molecule has 0 aromatic carbocycles. The van der Waals surface area contributed by atoms with Crippen LogP contribution in [0.1, 0.15) is 51.4 Å². The van der Waals surface area contributed by atoms with E-state index in [2.05, 4.69) is 5.43 Å². The van der Waals surface area contributed by atoms with Crippen LogP contribution in [-0.4, -0.2) is 31.5 Å². The van der Waals surface area contributed by atoms with Crippen LogP contribution in [0.5, 0.6) is 0 Å². The van der Waals surface area contributed by atoms with Crippen molar-refractivity contribution in [3.8, 4) is 0 Å². The van der Waals surface area contributed by atoms with Gasteiger partial charge < -0.3 is 9.47 Å². The second-order valence-corrected chi connectivity index (χ2v) is 6.68. The molecular formula is C15H28N2O2. The zero-order valence-electron chi connectivity index (χ0n) is 11.9. The summed E-state index contributed by atoms with van der Waals surface area (Å²) in [5, 5.41) is 0. The summed E-state index contributed by atoms with van der Waals surface area (Å²) in [7, 11) is 0. The van der Waals surface area contributed by atoms with E-state index in [1.54, 1.807) is 0 Å². The second kappa shape index (κ2) is 6.08. The van der Waals surface area contributed by atoms with Crippen LogP contribution in [0.4, 0.5) is 0 Å². The molecule has 3 atom stereocenters. The molecule has 2 aliphatic heterocycles. The Morgan fingerprint density at radius 3 is 2.58 bits per heavy atom. The minimum atomic E-state index is 0.00663. The molecule has 0 amide bonds. The van der Waals surface area contributed by atoms with Crippen LogP contribution < -0.4 is 11.3 Å². The van der Waals surface area contributed by atoms with Crippen LogP contribution in [0.25, 0.3) is 0 Å². The monoisotopic (exact) mass is 268 g/mol. The van der Waals surface area contributed by atoms with Gasteiger partial charge in [0.25, 0.3) is 0 Å². The minimum Gasteiger partial charge on any atom is -0.378 e. The lowest BCUT2D eigenvalue weighted by Crippen LogP contribution is -2.52. The maximum Gasteiger partial charge on any atom is 0.0939 e. The summed E-state index contributed by atoms with van der Waals surface area (Å²) in [6.45, 7) is 2.52. The van der Waals surface area contributed by atoms with Gasteiger partial charge in [-0.05, 0) is 37.5 Å². The smallest absolute Gasteiger partial charge is 0.0939 e. The molecule has 1 aliphatic carbocycles. The number of nitrogens with one attached hydrogen (secondary N) is 1. The molecule has 0 radical (unpaired) electrons. The van der Waals surface area contributed by atoms with Crippen molar-refractivity contribution >= 4 is 0 Å². The highest BCUT2D eigenvalue weighted by molar-refractivity contribution is 4.95. The Kier molecular flexibility index (Phi) is 4.42. The van der Waals surface area contributed by atoms with Crippen LogP contribution in [0.2, 0.25) is 0 Å². The number of hydrazine groups is 1. The molecular weight excluding hydrogens is 240 g/mol. The molecule has 1 saturated carbocycles. The lowest BCUT2D eigenvalue weighted by molar-refractivity contribution is -0.106. The Hall–Kier alpha value is -0.160. The Morgan fingerprint density at radius 1 is 1.05 bits per heavy atom. The number of nitrogens with two attached hydrogens (primary N) is 1. The van der Waals surface area contributed by atoms with Crippen molar-refractivity contribution in [2.45, 2.75) is 63.0 Å². The molecule has 19 heavy (non-hydrogen) atoms. The van der Waals surface area contributed by atoms with Crippen molar-refractivity contribution in [3.63, 3.8) is 0 Å². The van der Waals surface area contributed by atoms with Crippen molar-refractivity contribution < 1.29 is 9.47 Å². The van der Waals surface area contributed by atoms with E-state index in [0.717, 1.165) is 45.0 Å². The van der Waals surface area contributed by atoms with E-state index in [-0.39, 0.29) is 5.60 Å². The van der Waals surface area contributed by atoms with Crippen LogP contribution >= 0.6 is 0 Å². The maximum absolute atomic E-state index is 6.05. The minimum absolute atomic E-state index is 0.00663. The molecule has 4 nitrogen and oxygen atoms in total. The summed E-state index contributed by atoms with van der Waals surface area (Å²) in [4.78, 5) is 0. The lowest BCUT2D eigenvalue weighted by atomic mass is 9.73. The molecule has 1 spiro atoms. The van der Waals surface area contributed by atoms with Crippen molar-refractivity contribution in [1.29, 1.82) is 0 Å². The largest absolute Gasteiger partial charge is 0.378 e. The molecule has 2 saturated heterocycles. The second-order valence-electron chi connectivity index (χ2n) is 6.68. The van der Waals surface area contributed by atoms with Crippen molar-refractivity contribution in [3.05, 3.63) is 0 Å². The molecule has 3 aliphatic rings. The molecule has 110 valence electrons. The van der Waals surface area contributed by atoms with E-state index in [1.807, 2.05) is 0 Å². The Balaban J connectivity index is 1.64. The lowest BCUT2D eigenvalue weighted by Gasteiger charge is -2.43. The zero-order valence-corrected chi connectivity index (χ0v) is 11.9. The summed E-state index contributed by atoms with van der Waals surface area (Å²) >= 11 is 0. The Bertz CT molecular complexity index is 286. The molecule has 3 fully saturated rings. The van der Waals surface area contributed by atoms with Gasteiger partial charge in [0.05, 0.1) is 12.2 Å². The molecule has 3 N–H and O–H groups in total. The average molecular weight is 268 g/mol. The van der Waals surface area contributed by atoms with Gasteiger partial charge in [-0.1, -0.05) is 19.3 Å². The fraction of sp³-hybridized carbons (Fsp3) is 1.00. The van der Waals surface area contributed by atoms with Crippen LogP contribution in [-0.2, 0) is 9.47 Å². The Labute approximate surface area is 116 Å². The summed E-state index contributed by atoms with van der Waals surface area (Å²) in [6.07, 6.45) is 10.2. The normalized spacial score (nSPS) is 38.7.